The largest absolute Gasteiger partial charge is 0.316 e. The molecule has 1 aromatic rings. The maximum atomic E-state index is 10.6. The van der Waals surface area contributed by atoms with Crippen LogP contribution in [0.2, 0.25) is 0 Å². The predicted molar refractivity (Wildman–Crippen MR) is 55.5 cm³/mol. The first kappa shape index (κ1) is 12.1. The Balaban J connectivity index is 1.99. The molecule has 0 spiro atoms. The summed E-state index contributed by atoms with van der Waals surface area (Å²) in [6.07, 6.45) is 3.13. The third-order valence-electron chi connectivity index (χ3n) is 1.80. The highest BCUT2D eigenvalue weighted by atomic mass is 32.2. The minimum Gasteiger partial charge on any atom is -0.316 e. The fourth-order valence-electron chi connectivity index (χ4n) is 1.07. The number of aromatic nitrogens is 3. The molecule has 1 aromatic heterocycles. The van der Waals surface area contributed by atoms with Crippen LogP contribution in [0.3, 0.4) is 0 Å². The number of nitrogens with two attached hydrogens (primary N) is 1. The molecule has 0 aliphatic carbocycles. The second kappa shape index (κ2) is 5.79. The van der Waals surface area contributed by atoms with Gasteiger partial charge in [-0.2, -0.15) is 5.10 Å². The van der Waals surface area contributed by atoms with Gasteiger partial charge >= 0.3 is 0 Å². The first-order valence-electron chi connectivity index (χ1n) is 4.63. The second-order valence-corrected chi connectivity index (χ2v) is 4.89. The molecule has 0 saturated heterocycles. The summed E-state index contributed by atoms with van der Waals surface area (Å²) in [5.74, 6) is 0.804. The Morgan fingerprint density at radius 1 is 1.47 bits per heavy atom. The first-order valence-corrected chi connectivity index (χ1v) is 6.35. The normalized spacial score (nSPS) is 11.8. The lowest BCUT2D eigenvalue weighted by atomic mass is 10.3. The maximum Gasteiger partial charge on any atom is 0.210 e. The molecule has 15 heavy (non-hydrogen) atoms. The number of H-pyrrole nitrogens is 1. The van der Waals surface area contributed by atoms with Crippen LogP contribution in [-0.4, -0.2) is 42.4 Å². The Morgan fingerprint density at radius 2 is 2.27 bits per heavy atom. The topological polar surface area (TPSA) is 114 Å². The second-order valence-electron chi connectivity index (χ2n) is 3.15. The van der Waals surface area contributed by atoms with Crippen LogP contribution in [0.5, 0.6) is 0 Å². The van der Waals surface area contributed by atoms with Crippen LogP contribution in [0.25, 0.3) is 0 Å². The molecule has 0 bridgehead atoms. The number of primary sulfonamides is 1. The van der Waals surface area contributed by atoms with Crippen LogP contribution in [0.15, 0.2) is 6.33 Å². The van der Waals surface area contributed by atoms with Gasteiger partial charge in [-0.1, -0.05) is 0 Å². The smallest absolute Gasteiger partial charge is 0.210 e. The summed E-state index contributed by atoms with van der Waals surface area (Å²) >= 11 is 0. The molecule has 86 valence electrons. The van der Waals surface area contributed by atoms with Crippen molar-refractivity contribution in [1.29, 1.82) is 0 Å². The van der Waals surface area contributed by atoms with Crippen molar-refractivity contribution in [1.82, 2.24) is 20.5 Å². The highest BCUT2D eigenvalue weighted by Crippen LogP contribution is 1.91. The molecule has 0 atom stereocenters. The number of aryl methyl sites for hydroxylation is 1. The van der Waals surface area contributed by atoms with Gasteiger partial charge in [-0.15, -0.1) is 0 Å². The van der Waals surface area contributed by atoms with E-state index in [9.17, 15) is 8.42 Å². The molecule has 1 heterocycles. The minimum absolute atomic E-state index is 0.0324. The van der Waals surface area contributed by atoms with E-state index >= 15 is 0 Å². The lowest BCUT2D eigenvalue weighted by molar-refractivity contribution is 0.590. The van der Waals surface area contributed by atoms with Crippen molar-refractivity contribution in [2.45, 2.75) is 12.8 Å². The molecule has 1 rings (SSSR count). The van der Waals surface area contributed by atoms with Gasteiger partial charge < -0.3 is 5.32 Å². The van der Waals surface area contributed by atoms with E-state index in [2.05, 4.69) is 20.5 Å². The van der Waals surface area contributed by atoms with E-state index in [1.807, 2.05) is 0 Å². The summed E-state index contributed by atoms with van der Waals surface area (Å²) < 4.78 is 21.1. The number of nitrogens with one attached hydrogen (secondary N) is 2. The highest BCUT2D eigenvalue weighted by Gasteiger charge is 2.01. The SMILES string of the molecule is NS(=O)(=O)CCNCCCc1ncn[nH]1. The lowest BCUT2D eigenvalue weighted by Gasteiger charge is -2.02. The van der Waals surface area contributed by atoms with Crippen LogP contribution in [0, 0.1) is 0 Å². The molecule has 0 aliphatic heterocycles. The van der Waals surface area contributed by atoms with Crippen LogP contribution >= 0.6 is 0 Å². The van der Waals surface area contributed by atoms with Crippen LogP contribution in [-0.2, 0) is 16.4 Å². The van der Waals surface area contributed by atoms with Crippen LogP contribution in [0.1, 0.15) is 12.2 Å². The van der Waals surface area contributed by atoms with Gasteiger partial charge in [0.1, 0.15) is 12.2 Å². The van der Waals surface area contributed by atoms with E-state index in [0.717, 1.165) is 25.2 Å². The average molecular weight is 233 g/mol. The van der Waals surface area contributed by atoms with Crippen LogP contribution < -0.4 is 10.5 Å². The Hall–Kier alpha value is -0.990. The molecule has 0 amide bonds. The third kappa shape index (κ3) is 6.15. The predicted octanol–water partition coefficient (Wildman–Crippen LogP) is -1.38. The molecule has 0 aliphatic rings. The number of rotatable bonds is 7. The van der Waals surface area contributed by atoms with Gasteiger partial charge in [-0.05, 0) is 13.0 Å². The maximum absolute atomic E-state index is 10.6. The minimum atomic E-state index is -3.35. The van der Waals surface area contributed by atoms with Crippen molar-refractivity contribution in [3.8, 4) is 0 Å². The van der Waals surface area contributed by atoms with Gasteiger partial charge in [0.25, 0.3) is 0 Å². The van der Waals surface area contributed by atoms with Gasteiger partial charge in [0.15, 0.2) is 0 Å². The van der Waals surface area contributed by atoms with E-state index in [-0.39, 0.29) is 5.75 Å². The summed E-state index contributed by atoms with van der Waals surface area (Å²) in [7, 11) is -3.35. The Labute approximate surface area is 88.5 Å². The Kier molecular flexibility index (Phi) is 4.66. The van der Waals surface area contributed by atoms with Crippen molar-refractivity contribution in [3.05, 3.63) is 12.2 Å². The van der Waals surface area contributed by atoms with Gasteiger partial charge in [0.05, 0.1) is 5.75 Å². The monoisotopic (exact) mass is 233 g/mol. The number of sulfonamides is 1. The number of hydrogen-bond acceptors (Lipinski definition) is 5. The van der Waals surface area contributed by atoms with E-state index in [4.69, 9.17) is 5.14 Å². The molecule has 8 heteroatoms. The van der Waals surface area contributed by atoms with Gasteiger partial charge in [0.2, 0.25) is 10.0 Å². The Bertz CT molecular complexity index is 361. The number of hydrogen-bond donors (Lipinski definition) is 3. The summed E-state index contributed by atoms with van der Waals surface area (Å²) in [6.45, 7) is 1.12. The zero-order valence-electron chi connectivity index (χ0n) is 8.31. The molecular formula is C7H15N5O2S. The summed E-state index contributed by atoms with van der Waals surface area (Å²) in [4.78, 5) is 3.96. The molecule has 0 saturated carbocycles. The zero-order valence-corrected chi connectivity index (χ0v) is 9.13. The number of aromatic amines is 1. The lowest BCUT2D eigenvalue weighted by Crippen LogP contribution is -2.27. The Morgan fingerprint density at radius 3 is 2.87 bits per heavy atom. The van der Waals surface area contributed by atoms with Gasteiger partial charge in [-0.3, -0.25) is 5.10 Å². The van der Waals surface area contributed by atoms with Gasteiger partial charge in [-0.25, -0.2) is 18.5 Å². The van der Waals surface area contributed by atoms with Crippen molar-refractivity contribution in [3.63, 3.8) is 0 Å². The van der Waals surface area contributed by atoms with Gasteiger partial charge in [0, 0.05) is 13.0 Å². The van der Waals surface area contributed by atoms with Crippen molar-refractivity contribution in [2.24, 2.45) is 5.14 Å². The average Bonchev–Trinajstić information content (AvgIpc) is 2.61. The first-order chi connectivity index (χ1) is 7.08. The molecule has 7 nitrogen and oxygen atoms in total. The van der Waals surface area contributed by atoms with Crippen molar-refractivity contribution >= 4 is 10.0 Å². The molecule has 0 aromatic carbocycles. The molecule has 0 unspecified atom stereocenters. The number of nitrogens with zero attached hydrogens (tertiary/aromatic N) is 2. The fourth-order valence-corrected chi connectivity index (χ4v) is 1.50. The quantitative estimate of drug-likeness (QED) is 0.502. The van der Waals surface area contributed by atoms with E-state index < -0.39 is 10.0 Å². The van der Waals surface area contributed by atoms with Crippen LogP contribution in [0.4, 0.5) is 0 Å². The summed E-state index contributed by atoms with van der Waals surface area (Å²) in [5, 5.41) is 14.3. The molecule has 0 fully saturated rings. The summed E-state index contributed by atoms with van der Waals surface area (Å²) in [6, 6.07) is 0. The van der Waals surface area contributed by atoms with E-state index in [1.54, 1.807) is 0 Å². The zero-order chi connectivity index (χ0) is 11.1. The van der Waals surface area contributed by atoms with E-state index in [0.29, 0.717) is 6.54 Å². The molecule has 0 radical (unpaired) electrons. The van der Waals surface area contributed by atoms with Crippen molar-refractivity contribution in [2.75, 3.05) is 18.8 Å². The summed E-state index contributed by atoms with van der Waals surface area (Å²) in [5.41, 5.74) is 0. The third-order valence-corrected chi connectivity index (χ3v) is 2.57. The van der Waals surface area contributed by atoms with E-state index in [1.165, 1.54) is 6.33 Å². The van der Waals surface area contributed by atoms with Crippen molar-refractivity contribution < 1.29 is 8.42 Å². The fraction of sp³-hybridized carbons (Fsp3) is 0.714. The highest BCUT2D eigenvalue weighted by molar-refractivity contribution is 7.89. The molecular weight excluding hydrogens is 218 g/mol. The molecule has 4 N–H and O–H groups in total. The standard InChI is InChI=1S/C7H15N5O2S/c8-15(13,14)5-4-9-3-1-2-7-10-6-11-12-7/h6,9H,1-5H2,(H2,8,13,14)(H,10,11,12).